The van der Waals surface area contributed by atoms with Crippen molar-refractivity contribution in [1.29, 1.82) is 0 Å². The zero-order valence-electron chi connectivity index (χ0n) is 18.6. The lowest BCUT2D eigenvalue weighted by molar-refractivity contribution is 0.288. The third-order valence-corrected chi connectivity index (χ3v) is 6.36. The first-order valence-electron chi connectivity index (χ1n) is 10.5. The van der Waals surface area contributed by atoms with E-state index in [1.165, 1.54) is 31.1 Å². The quantitative estimate of drug-likeness (QED) is 0.292. The van der Waals surface area contributed by atoms with Gasteiger partial charge in [0.2, 0.25) is 10.0 Å². The maximum atomic E-state index is 11.1. The maximum absolute atomic E-state index is 11.1. The Bertz CT molecular complexity index is 805. The van der Waals surface area contributed by atoms with Crippen molar-refractivity contribution < 1.29 is 17.9 Å². The molecule has 0 bridgehead atoms. The molecule has 1 aliphatic rings. The van der Waals surface area contributed by atoms with Crippen LogP contribution in [0.4, 0.5) is 0 Å². The van der Waals surface area contributed by atoms with Crippen LogP contribution in [-0.2, 0) is 15.4 Å². The number of rotatable bonds is 10. The molecule has 0 aromatic heterocycles. The molecule has 2 rings (SSSR count). The van der Waals surface area contributed by atoms with Gasteiger partial charge in [0.05, 0.1) is 20.5 Å². The topological polar surface area (TPSA) is 101 Å². The van der Waals surface area contributed by atoms with E-state index in [-0.39, 0.29) is 5.41 Å². The molecule has 30 heavy (non-hydrogen) atoms. The van der Waals surface area contributed by atoms with E-state index in [2.05, 4.69) is 32.5 Å². The zero-order chi connectivity index (χ0) is 22.0. The molecule has 0 amide bonds. The van der Waals surface area contributed by atoms with Crippen molar-refractivity contribution in [2.75, 3.05) is 47.2 Å². The van der Waals surface area contributed by atoms with Gasteiger partial charge in [0.15, 0.2) is 17.5 Å². The number of hydrogen-bond acceptors (Lipinski definition) is 5. The van der Waals surface area contributed by atoms with Crippen LogP contribution in [0.5, 0.6) is 11.5 Å². The lowest BCUT2D eigenvalue weighted by Crippen LogP contribution is -2.47. The van der Waals surface area contributed by atoms with Gasteiger partial charge in [-0.1, -0.05) is 25.3 Å². The Kier molecular flexibility index (Phi) is 9.23. The summed E-state index contributed by atoms with van der Waals surface area (Å²) in [6, 6.07) is 6.21. The molecule has 1 aromatic carbocycles. The Labute approximate surface area is 180 Å². The molecule has 0 unspecified atom stereocenters. The van der Waals surface area contributed by atoms with Crippen LogP contribution in [0, 0.1) is 0 Å². The van der Waals surface area contributed by atoms with E-state index < -0.39 is 10.0 Å². The summed E-state index contributed by atoms with van der Waals surface area (Å²) in [7, 11) is 1.91. The molecule has 0 heterocycles. The third kappa shape index (κ3) is 7.05. The first-order chi connectivity index (χ1) is 14.3. The highest BCUT2D eigenvalue weighted by molar-refractivity contribution is 7.88. The summed E-state index contributed by atoms with van der Waals surface area (Å²) in [5.41, 5.74) is 1.26. The summed E-state index contributed by atoms with van der Waals surface area (Å²) in [5.74, 6) is 2.21. The number of hydrogen-bond donors (Lipinski definition) is 3. The molecule has 9 heteroatoms. The molecule has 1 aliphatic carbocycles. The third-order valence-electron chi connectivity index (χ3n) is 5.63. The minimum atomic E-state index is -3.15. The summed E-state index contributed by atoms with van der Waals surface area (Å²) < 4.78 is 35.7. The molecule has 0 radical (unpaired) electrons. The van der Waals surface area contributed by atoms with Gasteiger partial charge in [0.25, 0.3) is 0 Å². The smallest absolute Gasteiger partial charge is 0.208 e. The Hall–Kier alpha value is -2.00. The van der Waals surface area contributed by atoms with Crippen LogP contribution in [0.15, 0.2) is 23.2 Å². The number of sulfonamides is 1. The number of methoxy groups -OCH3 is 2. The molecule has 0 spiro atoms. The summed E-state index contributed by atoms with van der Waals surface area (Å²) >= 11 is 0. The molecule has 170 valence electrons. The fourth-order valence-corrected chi connectivity index (χ4v) is 4.50. The molecule has 3 N–H and O–H groups in total. The van der Waals surface area contributed by atoms with Crippen LogP contribution in [0.25, 0.3) is 0 Å². The van der Waals surface area contributed by atoms with Gasteiger partial charge in [-0.3, -0.25) is 4.99 Å². The monoisotopic (exact) mass is 440 g/mol. The molecule has 8 nitrogen and oxygen atoms in total. The van der Waals surface area contributed by atoms with Gasteiger partial charge < -0.3 is 20.1 Å². The van der Waals surface area contributed by atoms with Crippen LogP contribution < -0.4 is 24.8 Å². The number of nitrogens with zero attached hydrogens (tertiary/aromatic N) is 1. The molecule has 0 atom stereocenters. The van der Waals surface area contributed by atoms with E-state index in [9.17, 15) is 8.42 Å². The molecule has 0 aliphatic heterocycles. The average molecular weight is 441 g/mol. The van der Waals surface area contributed by atoms with Gasteiger partial charge in [0, 0.05) is 32.1 Å². The highest BCUT2D eigenvalue weighted by Crippen LogP contribution is 2.42. The second kappa shape index (κ2) is 11.4. The predicted molar refractivity (Wildman–Crippen MR) is 121 cm³/mol. The van der Waals surface area contributed by atoms with E-state index in [1.54, 1.807) is 21.3 Å². The first kappa shape index (κ1) is 24.3. The van der Waals surface area contributed by atoms with Crippen LogP contribution in [-0.4, -0.2) is 61.5 Å². The van der Waals surface area contributed by atoms with E-state index >= 15 is 0 Å². The number of aliphatic imine (C=N–C) groups is 1. The highest BCUT2D eigenvalue weighted by atomic mass is 32.2. The second-order valence-electron chi connectivity index (χ2n) is 7.78. The van der Waals surface area contributed by atoms with Crippen molar-refractivity contribution in [3.63, 3.8) is 0 Å². The van der Waals surface area contributed by atoms with Gasteiger partial charge in [0.1, 0.15) is 0 Å². The summed E-state index contributed by atoms with van der Waals surface area (Å²) in [4.78, 5) is 4.32. The Morgan fingerprint density at radius 1 is 1.07 bits per heavy atom. The molecule has 1 saturated carbocycles. The predicted octanol–water partition coefficient (Wildman–Crippen LogP) is 2.01. The van der Waals surface area contributed by atoms with Crippen molar-refractivity contribution >= 4 is 16.0 Å². The Morgan fingerprint density at radius 3 is 2.37 bits per heavy atom. The lowest BCUT2D eigenvalue weighted by Gasteiger charge is -2.38. The minimum Gasteiger partial charge on any atom is -0.493 e. The molecular formula is C21H36N4O4S. The van der Waals surface area contributed by atoms with Gasteiger partial charge in [-0.15, -0.1) is 0 Å². The maximum Gasteiger partial charge on any atom is 0.208 e. The normalized spacial score (nSPS) is 16.7. The number of benzene rings is 1. The van der Waals surface area contributed by atoms with Gasteiger partial charge >= 0.3 is 0 Å². The molecule has 1 aromatic rings. The van der Waals surface area contributed by atoms with E-state index in [0.29, 0.717) is 19.5 Å². The second-order valence-corrected chi connectivity index (χ2v) is 9.62. The molecule has 1 fully saturated rings. The minimum absolute atomic E-state index is 0.00721. The molecular weight excluding hydrogens is 404 g/mol. The Balaban J connectivity index is 2.02. The van der Waals surface area contributed by atoms with Crippen molar-refractivity contribution in [1.82, 2.24) is 15.4 Å². The SMILES string of the molecule is CN=C(NCCCNS(C)(=O)=O)NCC1(c2ccc(OC)c(OC)c2)CCCCC1. The van der Waals surface area contributed by atoms with Crippen LogP contribution in [0.1, 0.15) is 44.1 Å². The van der Waals surface area contributed by atoms with Crippen molar-refractivity contribution in [3.05, 3.63) is 23.8 Å². The number of nitrogens with one attached hydrogen (secondary N) is 3. The molecule has 0 saturated heterocycles. The summed E-state index contributed by atoms with van der Waals surface area (Å²) in [6.45, 7) is 1.80. The zero-order valence-corrected chi connectivity index (χ0v) is 19.4. The van der Waals surface area contributed by atoms with Crippen molar-refractivity contribution in [2.24, 2.45) is 4.99 Å². The fraction of sp³-hybridized carbons (Fsp3) is 0.667. The largest absolute Gasteiger partial charge is 0.493 e. The van der Waals surface area contributed by atoms with E-state index in [1.807, 2.05) is 6.07 Å². The van der Waals surface area contributed by atoms with Gasteiger partial charge in [-0.2, -0.15) is 0 Å². The van der Waals surface area contributed by atoms with E-state index in [4.69, 9.17) is 9.47 Å². The summed E-state index contributed by atoms with van der Waals surface area (Å²) in [5, 5.41) is 6.74. The standard InChI is InChI=1S/C21H36N4O4S/c1-22-20(23-13-8-14-25-30(4,26)27)24-16-21(11-6-5-7-12-21)17-9-10-18(28-2)19(15-17)29-3/h9-10,15,25H,5-8,11-14,16H2,1-4H3,(H2,22,23,24). The Morgan fingerprint density at radius 2 is 1.77 bits per heavy atom. The van der Waals surface area contributed by atoms with Gasteiger partial charge in [-0.25, -0.2) is 13.1 Å². The average Bonchev–Trinajstić information content (AvgIpc) is 2.75. The van der Waals surface area contributed by atoms with Gasteiger partial charge in [-0.05, 0) is 37.0 Å². The van der Waals surface area contributed by atoms with Crippen molar-refractivity contribution in [2.45, 2.75) is 43.9 Å². The van der Waals surface area contributed by atoms with Crippen LogP contribution in [0.3, 0.4) is 0 Å². The van der Waals surface area contributed by atoms with Crippen LogP contribution >= 0.6 is 0 Å². The summed E-state index contributed by atoms with van der Waals surface area (Å²) in [6.07, 6.45) is 7.69. The van der Waals surface area contributed by atoms with Crippen molar-refractivity contribution in [3.8, 4) is 11.5 Å². The lowest BCUT2D eigenvalue weighted by atomic mass is 9.69. The van der Waals surface area contributed by atoms with Crippen LogP contribution in [0.2, 0.25) is 0 Å². The number of guanidine groups is 1. The highest BCUT2D eigenvalue weighted by Gasteiger charge is 2.34. The van der Waals surface area contributed by atoms with E-state index in [0.717, 1.165) is 36.8 Å². The fourth-order valence-electron chi connectivity index (χ4n) is 3.99. The first-order valence-corrected chi connectivity index (χ1v) is 12.3. The number of ether oxygens (including phenoxy) is 2.